The fourth-order valence-corrected chi connectivity index (χ4v) is 4.95. The fourth-order valence-electron chi connectivity index (χ4n) is 4.18. The highest BCUT2D eigenvalue weighted by Gasteiger charge is 2.28. The van der Waals surface area contributed by atoms with Crippen molar-refractivity contribution in [2.45, 2.75) is 44.2 Å². The first-order valence-electron chi connectivity index (χ1n) is 11.4. The van der Waals surface area contributed by atoms with E-state index in [-0.39, 0.29) is 11.5 Å². The minimum absolute atomic E-state index is 0.151. The quantitative estimate of drug-likeness (QED) is 0.554. The standard InChI is InChI=1S/C25H30N4O3S/c1-25(2,17-3-7-20(8-4-17)31-22-15-19(26)16-22)18-5-9-21(10-6-18)32-24-28-27-23(33-24)29-11-13-30-14-12-29/h3-10,19,22H,11-16,26H2,1-2H3. The first-order valence-corrected chi connectivity index (χ1v) is 12.3. The molecule has 174 valence electrons. The number of aromatic nitrogens is 2. The SMILES string of the molecule is CC(C)(c1ccc(Oc2nnc(N3CCOCC3)s2)cc1)c1ccc(OC2CC(N)C2)cc1. The molecule has 1 saturated heterocycles. The summed E-state index contributed by atoms with van der Waals surface area (Å²) in [7, 11) is 0. The van der Waals surface area contributed by atoms with Crippen LogP contribution in [0.3, 0.4) is 0 Å². The van der Waals surface area contributed by atoms with E-state index < -0.39 is 0 Å². The van der Waals surface area contributed by atoms with Gasteiger partial charge >= 0.3 is 5.19 Å². The number of nitrogens with zero attached hydrogens (tertiary/aromatic N) is 3. The van der Waals surface area contributed by atoms with Crippen LogP contribution < -0.4 is 20.1 Å². The maximum atomic E-state index is 5.99. The van der Waals surface area contributed by atoms with E-state index in [9.17, 15) is 0 Å². The fraction of sp³-hybridized carbons (Fsp3) is 0.440. The van der Waals surface area contributed by atoms with Gasteiger partial charge in [-0.1, -0.05) is 43.2 Å². The van der Waals surface area contributed by atoms with Crippen molar-refractivity contribution in [3.05, 3.63) is 59.7 Å². The average Bonchev–Trinajstić information content (AvgIpc) is 3.28. The zero-order chi connectivity index (χ0) is 22.8. The Kier molecular flexibility index (Phi) is 6.23. The summed E-state index contributed by atoms with van der Waals surface area (Å²) in [6.07, 6.45) is 2.13. The van der Waals surface area contributed by atoms with Crippen LogP contribution in [-0.4, -0.2) is 48.6 Å². The van der Waals surface area contributed by atoms with Gasteiger partial charge in [0.1, 0.15) is 17.6 Å². The molecule has 0 amide bonds. The number of morpholine rings is 1. The van der Waals surface area contributed by atoms with Gasteiger partial charge in [-0.2, -0.15) is 0 Å². The van der Waals surface area contributed by atoms with E-state index in [2.05, 4.69) is 65.3 Å². The highest BCUT2D eigenvalue weighted by Crippen LogP contribution is 2.35. The third-order valence-electron chi connectivity index (χ3n) is 6.47. The molecule has 0 atom stereocenters. The first kappa shape index (κ1) is 22.1. The minimum Gasteiger partial charge on any atom is -0.490 e. The Morgan fingerprint density at radius 3 is 2.15 bits per heavy atom. The van der Waals surface area contributed by atoms with E-state index in [1.165, 1.54) is 22.5 Å². The van der Waals surface area contributed by atoms with Crippen LogP contribution in [0, 0.1) is 0 Å². The van der Waals surface area contributed by atoms with E-state index >= 15 is 0 Å². The number of benzene rings is 2. The maximum Gasteiger partial charge on any atom is 0.301 e. The first-order chi connectivity index (χ1) is 16.0. The molecule has 1 aliphatic heterocycles. The predicted molar refractivity (Wildman–Crippen MR) is 130 cm³/mol. The normalized spacial score (nSPS) is 20.9. The summed E-state index contributed by atoms with van der Waals surface area (Å²) in [5.74, 6) is 1.66. The lowest BCUT2D eigenvalue weighted by atomic mass is 9.78. The van der Waals surface area contributed by atoms with Crippen molar-refractivity contribution in [1.29, 1.82) is 0 Å². The third-order valence-corrected chi connectivity index (χ3v) is 7.33. The molecule has 7 nitrogen and oxygen atoms in total. The molecule has 2 aliphatic rings. The van der Waals surface area contributed by atoms with Crippen LogP contribution in [0.4, 0.5) is 5.13 Å². The maximum absolute atomic E-state index is 5.99. The molecule has 33 heavy (non-hydrogen) atoms. The molecular formula is C25H30N4O3S. The van der Waals surface area contributed by atoms with Gasteiger partial charge in [0.05, 0.1) is 13.2 Å². The van der Waals surface area contributed by atoms with Gasteiger partial charge in [0.25, 0.3) is 0 Å². The van der Waals surface area contributed by atoms with Gasteiger partial charge in [-0.15, -0.1) is 5.10 Å². The summed E-state index contributed by atoms with van der Waals surface area (Å²) in [4.78, 5) is 2.18. The molecule has 2 fully saturated rings. The monoisotopic (exact) mass is 466 g/mol. The number of ether oxygens (including phenoxy) is 3. The van der Waals surface area contributed by atoms with Gasteiger partial charge in [0.15, 0.2) is 0 Å². The van der Waals surface area contributed by atoms with Gasteiger partial charge in [-0.05, 0) is 59.6 Å². The number of hydrogen-bond donors (Lipinski definition) is 1. The highest BCUT2D eigenvalue weighted by atomic mass is 32.1. The lowest BCUT2D eigenvalue weighted by Gasteiger charge is -2.33. The summed E-state index contributed by atoms with van der Waals surface area (Å²) in [6.45, 7) is 7.56. The zero-order valence-electron chi connectivity index (χ0n) is 19.1. The average molecular weight is 467 g/mol. The summed E-state index contributed by atoms with van der Waals surface area (Å²) >= 11 is 1.46. The molecule has 1 aliphatic carbocycles. The molecule has 0 bridgehead atoms. The Balaban J connectivity index is 1.22. The molecule has 3 aromatic rings. The van der Waals surface area contributed by atoms with Gasteiger partial charge in [-0.3, -0.25) is 0 Å². The van der Waals surface area contributed by atoms with Crippen LogP contribution in [0.1, 0.15) is 37.8 Å². The van der Waals surface area contributed by atoms with Crippen molar-refractivity contribution in [3.8, 4) is 16.7 Å². The van der Waals surface area contributed by atoms with Crippen molar-refractivity contribution in [3.63, 3.8) is 0 Å². The Bertz CT molecular complexity index is 1060. The van der Waals surface area contributed by atoms with Gasteiger partial charge < -0.3 is 24.8 Å². The van der Waals surface area contributed by atoms with Crippen molar-refractivity contribution in [1.82, 2.24) is 10.2 Å². The van der Waals surface area contributed by atoms with Crippen molar-refractivity contribution in [2.75, 3.05) is 31.2 Å². The molecule has 2 aromatic carbocycles. The summed E-state index contributed by atoms with van der Waals surface area (Å²) in [6, 6.07) is 16.9. The smallest absolute Gasteiger partial charge is 0.301 e. The van der Waals surface area contributed by atoms with Crippen molar-refractivity contribution < 1.29 is 14.2 Å². The zero-order valence-corrected chi connectivity index (χ0v) is 19.9. The van der Waals surface area contributed by atoms with Gasteiger partial charge in [0, 0.05) is 24.5 Å². The second-order valence-corrected chi connectivity index (χ2v) is 10.1. The summed E-state index contributed by atoms with van der Waals surface area (Å²) in [5, 5.41) is 9.88. The van der Waals surface area contributed by atoms with Crippen LogP contribution in [0.15, 0.2) is 48.5 Å². The topological polar surface area (TPSA) is 82.7 Å². The third kappa shape index (κ3) is 4.98. The van der Waals surface area contributed by atoms with E-state index in [1.807, 2.05) is 12.1 Å². The van der Waals surface area contributed by atoms with E-state index in [4.69, 9.17) is 19.9 Å². The van der Waals surface area contributed by atoms with E-state index in [0.29, 0.717) is 11.2 Å². The second-order valence-electron chi connectivity index (χ2n) is 9.20. The second kappa shape index (κ2) is 9.29. The number of rotatable bonds is 7. The molecule has 2 heterocycles. The lowest BCUT2D eigenvalue weighted by molar-refractivity contribution is 0.101. The van der Waals surface area contributed by atoms with E-state index in [1.54, 1.807) is 0 Å². The van der Waals surface area contributed by atoms with Crippen LogP contribution >= 0.6 is 11.3 Å². The van der Waals surface area contributed by atoms with Crippen molar-refractivity contribution >= 4 is 16.5 Å². The van der Waals surface area contributed by atoms with Crippen LogP contribution in [0.25, 0.3) is 0 Å². The molecule has 1 aromatic heterocycles. The number of anilines is 1. The highest BCUT2D eigenvalue weighted by molar-refractivity contribution is 7.17. The van der Waals surface area contributed by atoms with Crippen molar-refractivity contribution in [2.24, 2.45) is 5.73 Å². The summed E-state index contributed by atoms with van der Waals surface area (Å²) in [5.41, 5.74) is 8.14. The molecule has 2 N–H and O–H groups in total. The molecular weight excluding hydrogens is 436 g/mol. The Morgan fingerprint density at radius 2 is 1.55 bits per heavy atom. The minimum atomic E-state index is -0.151. The van der Waals surface area contributed by atoms with Crippen LogP contribution in [0.2, 0.25) is 0 Å². The molecule has 5 rings (SSSR count). The van der Waals surface area contributed by atoms with Crippen LogP contribution in [0.5, 0.6) is 16.7 Å². The molecule has 1 saturated carbocycles. The van der Waals surface area contributed by atoms with E-state index in [0.717, 1.165) is 55.8 Å². The summed E-state index contributed by atoms with van der Waals surface area (Å²) < 4.78 is 17.4. The molecule has 8 heteroatoms. The number of hydrogen-bond acceptors (Lipinski definition) is 8. The van der Waals surface area contributed by atoms with Gasteiger partial charge in [0.2, 0.25) is 5.13 Å². The molecule has 0 spiro atoms. The largest absolute Gasteiger partial charge is 0.490 e. The van der Waals surface area contributed by atoms with Gasteiger partial charge in [-0.25, -0.2) is 0 Å². The van der Waals surface area contributed by atoms with Crippen LogP contribution in [-0.2, 0) is 10.2 Å². The Labute approximate surface area is 198 Å². The molecule has 0 radical (unpaired) electrons. The predicted octanol–water partition coefficient (Wildman–Crippen LogP) is 4.36. The Morgan fingerprint density at radius 1 is 0.939 bits per heavy atom. The lowest BCUT2D eigenvalue weighted by Crippen LogP contribution is -2.43. The molecule has 0 unspecified atom stereocenters. The number of nitrogens with two attached hydrogens (primary N) is 1. The Hall–Kier alpha value is -2.68.